The Labute approximate surface area is 132 Å². The summed E-state index contributed by atoms with van der Waals surface area (Å²) in [4.78, 5) is 4.71. The average Bonchev–Trinajstić information content (AvgIpc) is 2.78. The van der Waals surface area contributed by atoms with Gasteiger partial charge in [-0.15, -0.1) is 11.6 Å². The first-order chi connectivity index (χ1) is 10.1. The molecule has 1 aromatic carbocycles. The minimum atomic E-state index is 0.594. The molecule has 0 amide bonds. The molecule has 0 spiro atoms. The highest BCUT2D eigenvalue weighted by molar-refractivity contribution is 6.17. The van der Waals surface area contributed by atoms with Crippen molar-refractivity contribution in [3.63, 3.8) is 0 Å². The number of aromatic nitrogens is 2. The van der Waals surface area contributed by atoms with Crippen LogP contribution in [0, 0.1) is 12.8 Å². The number of ether oxygens (including phenoxy) is 1. The molecule has 2 aromatic rings. The van der Waals surface area contributed by atoms with E-state index in [-0.39, 0.29) is 0 Å². The van der Waals surface area contributed by atoms with Crippen LogP contribution in [0.25, 0.3) is 11.0 Å². The third-order valence-corrected chi connectivity index (χ3v) is 3.85. The number of halogens is 1. The van der Waals surface area contributed by atoms with Crippen molar-refractivity contribution >= 4 is 22.6 Å². The van der Waals surface area contributed by atoms with Crippen molar-refractivity contribution in [1.82, 2.24) is 9.55 Å². The molecule has 3 nitrogen and oxygen atoms in total. The lowest BCUT2D eigenvalue weighted by molar-refractivity contribution is 0.116. The minimum absolute atomic E-state index is 0.594. The summed E-state index contributed by atoms with van der Waals surface area (Å²) < 4.78 is 8.02. The van der Waals surface area contributed by atoms with Crippen LogP contribution in [0.2, 0.25) is 0 Å². The van der Waals surface area contributed by atoms with Crippen molar-refractivity contribution in [3.8, 4) is 0 Å². The fourth-order valence-corrected chi connectivity index (χ4v) is 2.68. The topological polar surface area (TPSA) is 27.1 Å². The second-order valence-electron chi connectivity index (χ2n) is 5.86. The van der Waals surface area contributed by atoms with Gasteiger partial charge in [-0.05, 0) is 30.9 Å². The summed E-state index contributed by atoms with van der Waals surface area (Å²) in [5.41, 5.74) is 3.52. The SMILES string of the molecule is Cc1cccc2nc(CCCl)n(CCOCCC(C)C)c12. The fourth-order valence-electron chi connectivity index (χ4n) is 2.51. The van der Waals surface area contributed by atoms with Gasteiger partial charge in [0.25, 0.3) is 0 Å². The normalized spacial score (nSPS) is 11.7. The standard InChI is InChI=1S/C17H25ClN2O/c1-13(2)8-11-21-12-10-20-16(7-9-18)19-15-6-4-5-14(3)17(15)20/h4-6,13H,7-12H2,1-3H3. The van der Waals surface area contributed by atoms with E-state index < -0.39 is 0 Å². The fraction of sp³-hybridized carbons (Fsp3) is 0.588. The van der Waals surface area contributed by atoms with E-state index in [0.717, 1.165) is 43.9 Å². The van der Waals surface area contributed by atoms with Crippen LogP contribution in [0.1, 0.15) is 31.7 Å². The van der Waals surface area contributed by atoms with Crippen LogP contribution < -0.4 is 0 Å². The smallest absolute Gasteiger partial charge is 0.111 e. The molecule has 1 heterocycles. The number of aryl methyl sites for hydroxylation is 2. The highest BCUT2D eigenvalue weighted by Gasteiger charge is 2.11. The third kappa shape index (κ3) is 4.21. The summed E-state index contributed by atoms with van der Waals surface area (Å²) in [6.07, 6.45) is 1.90. The van der Waals surface area contributed by atoms with Crippen LogP contribution in [-0.4, -0.2) is 28.6 Å². The first-order valence-electron chi connectivity index (χ1n) is 7.72. The van der Waals surface area contributed by atoms with Crippen molar-refractivity contribution in [3.05, 3.63) is 29.6 Å². The molecule has 0 fully saturated rings. The molecule has 0 unspecified atom stereocenters. The summed E-state index contributed by atoms with van der Waals surface area (Å²) >= 11 is 5.91. The molecule has 0 aliphatic carbocycles. The van der Waals surface area contributed by atoms with Gasteiger partial charge in [-0.2, -0.15) is 0 Å². The maximum absolute atomic E-state index is 5.91. The van der Waals surface area contributed by atoms with E-state index in [9.17, 15) is 0 Å². The molecule has 0 atom stereocenters. The van der Waals surface area contributed by atoms with E-state index in [1.165, 1.54) is 11.1 Å². The van der Waals surface area contributed by atoms with Gasteiger partial charge in [0.15, 0.2) is 0 Å². The zero-order valence-corrected chi connectivity index (χ0v) is 14.0. The zero-order chi connectivity index (χ0) is 15.2. The largest absolute Gasteiger partial charge is 0.380 e. The molecule has 2 rings (SSSR count). The summed E-state index contributed by atoms with van der Waals surface area (Å²) in [7, 11) is 0. The van der Waals surface area contributed by atoms with Crippen LogP contribution in [0.5, 0.6) is 0 Å². The minimum Gasteiger partial charge on any atom is -0.380 e. The zero-order valence-electron chi connectivity index (χ0n) is 13.2. The molecule has 0 radical (unpaired) electrons. The number of imidazole rings is 1. The maximum atomic E-state index is 5.91. The van der Waals surface area contributed by atoms with Gasteiger partial charge in [0, 0.05) is 25.5 Å². The van der Waals surface area contributed by atoms with Gasteiger partial charge in [0.1, 0.15) is 5.82 Å². The van der Waals surface area contributed by atoms with Gasteiger partial charge in [-0.25, -0.2) is 4.98 Å². The van der Waals surface area contributed by atoms with Crippen LogP contribution in [0.15, 0.2) is 18.2 Å². The first-order valence-corrected chi connectivity index (χ1v) is 8.25. The molecule has 0 N–H and O–H groups in total. The Morgan fingerprint density at radius 1 is 1.29 bits per heavy atom. The average molecular weight is 309 g/mol. The summed E-state index contributed by atoms with van der Waals surface area (Å²) in [6.45, 7) is 8.95. The van der Waals surface area contributed by atoms with E-state index in [1.807, 2.05) is 0 Å². The molecule has 4 heteroatoms. The number of nitrogens with zero attached hydrogens (tertiary/aromatic N) is 2. The third-order valence-electron chi connectivity index (χ3n) is 3.66. The second-order valence-corrected chi connectivity index (χ2v) is 6.23. The van der Waals surface area contributed by atoms with E-state index in [4.69, 9.17) is 21.3 Å². The number of para-hydroxylation sites is 1. The summed E-state index contributed by atoms with van der Waals surface area (Å²) in [5.74, 6) is 2.34. The van der Waals surface area contributed by atoms with Gasteiger partial charge in [-0.3, -0.25) is 0 Å². The second kappa shape index (κ2) is 7.81. The van der Waals surface area contributed by atoms with Crippen molar-refractivity contribution in [2.45, 2.75) is 40.2 Å². The predicted octanol–water partition coefficient (Wildman–Crippen LogP) is 4.19. The number of rotatable bonds is 8. The Hall–Kier alpha value is -1.06. The summed E-state index contributed by atoms with van der Waals surface area (Å²) in [6, 6.07) is 6.25. The van der Waals surface area contributed by atoms with Crippen molar-refractivity contribution in [2.24, 2.45) is 5.92 Å². The number of alkyl halides is 1. The molecular weight excluding hydrogens is 284 g/mol. The highest BCUT2D eigenvalue weighted by atomic mass is 35.5. The first kappa shape index (κ1) is 16.3. The van der Waals surface area contributed by atoms with E-state index in [2.05, 4.69) is 43.5 Å². The number of benzene rings is 1. The van der Waals surface area contributed by atoms with Crippen LogP contribution in [0.4, 0.5) is 0 Å². The van der Waals surface area contributed by atoms with Gasteiger partial charge in [-0.1, -0.05) is 26.0 Å². The van der Waals surface area contributed by atoms with Crippen LogP contribution >= 0.6 is 11.6 Å². The van der Waals surface area contributed by atoms with Crippen molar-refractivity contribution in [1.29, 1.82) is 0 Å². The molecule has 0 saturated carbocycles. The summed E-state index contributed by atoms with van der Waals surface area (Å²) in [5, 5.41) is 0. The Balaban J connectivity index is 2.10. The Bertz CT molecular complexity index is 577. The number of hydrogen-bond acceptors (Lipinski definition) is 2. The number of hydrogen-bond donors (Lipinski definition) is 0. The predicted molar refractivity (Wildman–Crippen MR) is 89.2 cm³/mol. The maximum Gasteiger partial charge on any atom is 0.111 e. The van der Waals surface area contributed by atoms with Crippen molar-refractivity contribution in [2.75, 3.05) is 19.1 Å². The van der Waals surface area contributed by atoms with Crippen LogP contribution in [-0.2, 0) is 17.7 Å². The highest BCUT2D eigenvalue weighted by Crippen LogP contribution is 2.20. The lowest BCUT2D eigenvalue weighted by atomic mass is 10.1. The number of fused-ring (bicyclic) bond motifs is 1. The van der Waals surface area contributed by atoms with Crippen LogP contribution in [0.3, 0.4) is 0 Å². The van der Waals surface area contributed by atoms with E-state index in [1.54, 1.807) is 0 Å². The molecular formula is C17H25ClN2O. The van der Waals surface area contributed by atoms with E-state index in [0.29, 0.717) is 11.8 Å². The molecule has 0 aliphatic heterocycles. The van der Waals surface area contributed by atoms with Gasteiger partial charge in [0.05, 0.1) is 17.6 Å². The lowest BCUT2D eigenvalue weighted by Gasteiger charge is -2.11. The van der Waals surface area contributed by atoms with E-state index >= 15 is 0 Å². The lowest BCUT2D eigenvalue weighted by Crippen LogP contribution is -2.11. The van der Waals surface area contributed by atoms with Gasteiger partial charge in [0.2, 0.25) is 0 Å². The van der Waals surface area contributed by atoms with Gasteiger partial charge < -0.3 is 9.30 Å². The molecule has 0 saturated heterocycles. The molecule has 1 aromatic heterocycles. The molecule has 21 heavy (non-hydrogen) atoms. The Kier molecular flexibility index (Phi) is 6.07. The molecule has 116 valence electrons. The molecule has 0 aliphatic rings. The molecule has 0 bridgehead atoms. The van der Waals surface area contributed by atoms with Crippen molar-refractivity contribution < 1.29 is 4.74 Å². The van der Waals surface area contributed by atoms with Gasteiger partial charge >= 0.3 is 0 Å². The Morgan fingerprint density at radius 3 is 2.81 bits per heavy atom. The Morgan fingerprint density at radius 2 is 2.10 bits per heavy atom. The monoisotopic (exact) mass is 308 g/mol. The quantitative estimate of drug-likeness (QED) is 0.540.